The normalized spacial score (nSPS) is 15.0. The molecule has 3 aromatic carbocycles. The summed E-state index contributed by atoms with van der Waals surface area (Å²) in [6.45, 7) is 5.83. The zero-order chi connectivity index (χ0) is 25.4. The Morgan fingerprint density at radius 2 is 1.51 bits per heavy atom. The molecule has 4 rings (SSSR count). The molecule has 1 heterocycles. The first kappa shape index (κ1) is 25.2. The summed E-state index contributed by atoms with van der Waals surface area (Å²) in [5, 5.41) is 15.1. The van der Waals surface area contributed by atoms with E-state index in [1.807, 2.05) is 60.7 Å². The van der Waals surface area contributed by atoms with E-state index in [4.69, 9.17) is 4.43 Å². The lowest BCUT2D eigenvalue weighted by Gasteiger charge is -2.43. The van der Waals surface area contributed by atoms with Gasteiger partial charge in [-0.25, -0.2) is 0 Å². The van der Waals surface area contributed by atoms with Crippen LogP contribution in [0.4, 0.5) is 13.2 Å². The third-order valence-electron chi connectivity index (χ3n) is 6.51. The van der Waals surface area contributed by atoms with Crippen LogP contribution in [0.3, 0.4) is 0 Å². The van der Waals surface area contributed by atoms with Crippen molar-refractivity contribution < 1.29 is 27.5 Å². The highest BCUT2D eigenvalue weighted by atomic mass is 28.4. The van der Waals surface area contributed by atoms with Gasteiger partial charge in [0.15, 0.2) is 0 Å². The zero-order valence-electron chi connectivity index (χ0n) is 19.8. The molecular formula is C27H28F3NO3Si. The largest absolute Gasteiger partial charge is 0.416 e. The summed E-state index contributed by atoms with van der Waals surface area (Å²) in [4.78, 5) is 12.2. The first-order valence-corrected chi connectivity index (χ1v) is 13.3. The van der Waals surface area contributed by atoms with Gasteiger partial charge in [-0.05, 0) is 38.7 Å². The molecular weight excluding hydrogens is 471 g/mol. The number of halogens is 3. The Hall–Kier alpha value is -2.94. The molecule has 1 unspecified atom stereocenters. The van der Waals surface area contributed by atoms with Crippen molar-refractivity contribution in [2.45, 2.75) is 44.6 Å². The quantitative estimate of drug-likeness (QED) is 0.489. The zero-order valence-corrected chi connectivity index (χ0v) is 20.8. The summed E-state index contributed by atoms with van der Waals surface area (Å²) < 4.78 is 47.9. The molecule has 35 heavy (non-hydrogen) atoms. The van der Waals surface area contributed by atoms with Crippen molar-refractivity contribution in [3.63, 3.8) is 0 Å². The Bertz CT molecular complexity index is 1170. The Labute approximate surface area is 203 Å². The number of hydrogen-bond acceptors (Lipinski definition) is 3. The smallest absolute Gasteiger partial charge is 0.404 e. The molecule has 1 aliphatic heterocycles. The van der Waals surface area contributed by atoms with Crippen LogP contribution in [0, 0.1) is 0 Å². The van der Waals surface area contributed by atoms with E-state index < -0.39 is 32.1 Å². The second-order valence-corrected chi connectivity index (χ2v) is 14.1. The molecule has 0 radical (unpaired) electrons. The molecule has 8 heteroatoms. The van der Waals surface area contributed by atoms with Gasteiger partial charge in [0, 0.05) is 12.1 Å². The minimum absolute atomic E-state index is 0.00561. The van der Waals surface area contributed by atoms with Gasteiger partial charge in [0.25, 0.3) is 14.2 Å². The maximum absolute atomic E-state index is 13.7. The number of aliphatic hydroxyl groups is 1. The van der Waals surface area contributed by atoms with Crippen molar-refractivity contribution in [3.8, 4) is 0 Å². The highest BCUT2D eigenvalue weighted by Gasteiger charge is 2.50. The Morgan fingerprint density at radius 3 is 2.00 bits per heavy atom. The van der Waals surface area contributed by atoms with E-state index >= 15 is 0 Å². The molecule has 0 aliphatic carbocycles. The van der Waals surface area contributed by atoms with E-state index in [0.717, 1.165) is 16.4 Å². The molecule has 4 nitrogen and oxygen atoms in total. The van der Waals surface area contributed by atoms with Gasteiger partial charge in [0.1, 0.15) is 6.10 Å². The van der Waals surface area contributed by atoms with Gasteiger partial charge in [-0.15, -0.1) is 0 Å². The Kier molecular flexibility index (Phi) is 6.65. The number of aliphatic hydroxyl groups excluding tert-OH is 1. The van der Waals surface area contributed by atoms with E-state index in [9.17, 15) is 23.1 Å². The maximum Gasteiger partial charge on any atom is 0.416 e. The minimum atomic E-state index is -4.65. The van der Waals surface area contributed by atoms with E-state index in [0.29, 0.717) is 0 Å². The molecule has 3 aromatic rings. The van der Waals surface area contributed by atoms with E-state index in [2.05, 4.69) is 26.1 Å². The van der Waals surface area contributed by atoms with E-state index in [-0.39, 0.29) is 34.9 Å². The van der Waals surface area contributed by atoms with Crippen molar-refractivity contribution in [3.05, 3.63) is 95.1 Å². The number of carbonyl (C=O) groups excluding carboxylic acids is 1. The SMILES string of the molecule is CC(C)(C)[Si](OCC(O)c1cc2c(c(C(F)(F)F)c1)CNC2=O)(c1ccccc1)c1ccccc1. The van der Waals surface area contributed by atoms with Gasteiger partial charge >= 0.3 is 6.18 Å². The number of rotatable bonds is 6. The summed E-state index contributed by atoms with van der Waals surface area (Å²) in [6, 6.07) is 21.8. The van der Waals surface area contributed by atoms with Crippen molar-refractivity contribution in [1.82, 2.24) is 5.32 Å². The molecule has 1 atom stereocenters. The number of fused-ring (bicyclic) bond motifs is 1. The average Bonchev–Trinajstić information content (AvgIpc) is 3.19. The molecule has 0 fully saturated rings. The van der Waals surface area contributed by atoms with Crippen LogP contribution < -0.4 is 15.7 Å². The highest BCUT2D eigenvalue weighted by molar-refractivity contribution is 6.99. The summed E-state index contributed by atoms with van der Waals surface area (Å²) in [7, 11) is -2.99. The maximum atomic E-state index is 13.7. The van der Waals surface area contributed by atoms with Crippen LogP contribution in [0.25, 0.3) is 0 Å². The van der Waals surface area contributed by atoms with Crippen LogP contribution in [0.5, 0.6) is 0 Å². The van der Waals surface area contributed by atoms with Crippen molar-refractivity contribution in [2.24, 2.45) is 0 Å². The van der Waals surface area contributed by atoms with Crippen LogP contribution in [-0.2, 0) is 17.1 Å². The van der Waals surface area contributed by atoms with Crippen LogP contribution in [0.1, 0.15) is 53.9 Å². The fraction of sp³-hybridized carbons (Fsp3) is 0.296. The van der Waals surface area contributed by atoms with Crippen LogP contribution in [0.2, 0.25) is 5.04 Å². The molecule has 0 saturated carbocycles. The van der Waals surface area contributed by atoms with Crippen LogP contribution in [-0.4, -0.2) is 25.9 Å². The lowest BCUT2D eigenvalue weighted by atomic mass is 9.96. The predicted molar refractivity (Wildman–Crippen MR) is 131 cm³/mol. The standard InChI is InChI=1S/C27H28F3NO3Si/c1-26(2,3)35(19-10-6-4-7-11-19,20-12-8-5-9-13-20)34-17-24(32)18-14-21-22(16-31-25(21)33)23(15-18)27(28,29)30/h4-15,24,32H,16-17H2,1-3H3,(H,31,33). The number of alkyl halides is 3. The van der Waals surface area contributed by atoms with Gasteiger partial charge < -0.3 is 14.8 Å². The highest BCUT2D eigenvalue weighted by Crippen LogP contribution is 2.39. The molecule has 0 aromatic heterocycles. The van der Waals surface area contributed by atoms with Gasteiger partial charge in [-0.3, -0.25) is 4.79 Å². The van der Waals surface area contributed by atoms with Crippen molar-refractivity contribution >= 4 is 24.6 Å². The first-order chi connectivity index (χ1) is 16.4. The Balaban J connectivity index is 1.76. The van der Waals surface area contributed by atoms with Gasteiger partial charge in [0.05, 0.1) is 12.2 Å². The number of benzene rings is 3. The lowest BCUT2D eigenvalue weighted by molar-refractivity contribution is -0.138. The number of carbonyl (C=O) groups is 1. The Morgan fingerprint density at radius 1 is 0.971 bits per heavy atom. The molecule has 0 spiro atoms. The monoisotopic (exact) mass is 499 g/mol. The van der Waals surface area contributed by atoms with Gasteiger partial charge in [0.2, 0.25) is 0 Å². The molecule has 184 valence electrons. The molecule has 1 aliphatic rings. The van der Waals surface area contributed by atoms with Crippen LogP contribution >= 0.6 is 0 Å². The molecule has 2 N–H and O–H groups in total. The van der Waals surface area contributed by atoms with Crippen molar-refractivity contribution in [2.75, 3.05) is 6.61 Å². The number of nitrogens with one attached hydrogen (secondary N) is 1. The number of amides is 1. The fourth-order valence-electron chi connectivity index (χ4n) is 4.86. The molecule has 0 bridgehead atoms. The van der Waals surface area contributed by atoms with Crippen molar-refractivity contribution in [1.29, 1.82) is 0 Å². The number of hydrogen-bond donors (Lipinski definition) is 2. The predicted octanol–water partition coefficient (Wildman–Crippen LogP) is 4.56. The summed E-state index contributed by atoms with van der Waals surface area (Å²) in [5.41, 5.74) is -1.05. The van der Waals surface area contributed by atoms with Gasteiger partial charge in [-0.2, -0.15) is 13.2 Å². The summed E-state index contributed by atoms with van der Waals surface area (Å²) >= 11 is 0. The fourth-order valence-corrected chi connectivity index (χ4v) is 9.42. The first-order valence-electron chi connectivity index (χ1n) is 11.4. The topological polar surface area (TPSA) is 58.6 Å². The average molecular weight is 500 g/mol. The van der Waals surface area contributed by atoms with E-state index in [1.54, 1.807) is 0 Å². The second kappa shape index (κ2) is 9.26. The van der Waals surface area contributed by atoms with Gasteiger partial charge in [-0.1, -0.05) is 81.4 Å². The minimum Gasteiger partial charge on any atom is -0.404 e. The third-order valence-corrected chi connectivity index (χ3v) is 11.5. The summed E-state index contributed by atoms with van der Waals surface area (Å²) in [6.07, 6.45) is -6.00. The third kappa shape index (κ3) is 4.65. The summed E-state index contributed by atoms with van der Waals surface area (Å²) in [5.74, 6) is -0.576. The molecule has 1 amide bonds. The molecule has 0 saturated heterocycles. The lowest BCUT2D eigenvalue weighted by Crippen LogP contribution is -2.66. The second-order valence-electron chi connectivity index (χ2n) is 9.77. The van der Waals surface area contributed by atoms with E-state index in [1.165, 1.54) is 6.07 Å². The van der Waals surface area contributed by atoms with Crippen LogP contribution in [0.15, 0.2) is 72.8 Å².